The van der Waals surface area contributed by atoms with Gasteiger partial charge in [0.15, 0.2) is 18.9 Å². The number of pyridine rings is 1. The van der Waals surface area contributed by atoms with Crippen LogP contribution in [-0.4, -0.2) is 51.8 Å². The van der Waals surface area contributed by atoms with Gasteiger partial charge >= 0.3 is 17.9 Å². The van der Waals surface area contributed by atoms with Crippen molar-refractivity contribution in [2.24, 2.45) is 5.92 Å². The van der Waals surface area contributed by atoms with E-state index in [-0.39, 0.29) is 11.9 Å². The van der Waals surface area contributed by atoms with E-state index in [1.165, 1.54) is 0 Å². The fourth-order valence-corrected chi connectivity index (χ4v) is 4.73. The molecule has 0 saturated carbocycles. The van der Waals surface area contributed by atoms with Crippen molar-refractivity contribution in [1.82, 2.24) is 0 Å². The zero-order valence-corrected chi connectivity index (χ0v) is 29.8. The molecule has 0 aliphatic rings. The topological polar surface area (TPSA) is 104 Å². The Labute approximate surface area is 294 Å². The molecule has 0 spiro atoms. The normalized spacial score (nSPS) is 11.3. The van der Waals surface area contributed by atoms with Crippen molar-refractivity contribution in [2.45, 2.75) is 53.5 Å². The van der Waals surface area contributed by atoms with Gasteiger partial charge in [0.2, 0.25) is 0 Å². The van der Waals surface area contributed by atoms with E-state index in [0.717, 1.165) is 18.5 Å². The minimum Gasteiger partial charge on any atom is -0.494 e. The number of ether oxygens (including phenoxy) is 5. The van der Waals surface area contributed by atoms with Crippen LogP contribution in [0.1, 0.15) is 65.0 Å². The Kier molecular flexibility index (Phi) is 13.8. The fraction of sp³-hybridized carbons (Fsp3) is 0.350. The Morgan fingerprint density at radius 1 is 0.680 bits per heavy atom. The first kappa shape index (κ1) is 37.4. The molecule has 1 heterocycles. The maximum Gasteiger partial charge on any atom is 0.343 e. The number of nitrogens with zero attached hydrogens (tertiary/aromatic N) is 2. The van der Waals surface area contributed by atoms with E-state index in [4.69, 9.17) is 23.7 Å². The molecule has 0 amide bonds. The molecule has 0 N–H and O–H groups in total. The maximum absolute atomic E-state index is 12.9. The first-order chi connectivity index (χ1) is 24.0. The number of hydrogen-bond donors (Lipinski definition) is 0. The van der Waals surface area contributed by atoms with E-state index in [9.17, 15) is 14.4 Å². The molecule has 0 aliphatic carbocycles. The highest BCUT2D eigenvalue weighted by atomic mass is 16.5. The van der Waals surface area contributed by atoms with Gasteiger partial charge in [0.1, 0.15) is 29.6 Å². The number of carbonyl (C=O) groups is 3. The number of hydrogen-bond acceptors (Lipinski definition) is 9. The van der Waals surface area contributed by atoms with Gasteiger partial charge in [0.25, 0.3) is 0 Å². The van der Waals surface area contributed by atoms with Gasteiger partial charge in [-0.15, -0.1) is 0 Å². The number of benzene rings is 3. The molecule has 0 fully saturated rings. The lowest BCUT2D eigenvalue weighted by atomic mass is 10.1. The van der Waals surface area contributed by atoms with Gasteiger partial charge in [-0.3, -0.25) is 4.79 Å². The molecule has 1 unspecified atom stereocenters. The summed E-state index contributed by atoms with van der Waals surface area (Å²) in [6.45, 7) is 9.42. The Balaban J connectivity index is 1.22. The smallest absolute Gasteiger partial charge is 0.343 e. The third kappa shape index (κ3) is 10.8. The van der Waals surface area contributed by atoms with Crippen molar-refractivity contribution < 1.29 is 42.6 Å². The summed E-state index contributed by atoms with van der Waals surface area (Å²) in [5, 5.41) is 0. The molecule has 1 aromatic heterocycles. The number of carbonyl (C=O) groups excluding carboxylic acids is 3. The van der Waals surface area contributed by atoms with Gasteiger partial charge in [-0.25, -0.2) is 14.2 Å². The molecule has 264 valence electrons. The minimum atomic E-state index is -0.518. The van der Waals surface area contributed by atoms with Crippen LogP contribution >= 0.6 is 0 Å². The van der Waals surface area contributed by atoms with Crippen LogP contribution in [0.2, 0.25) is 0 Å². The van der Waals surface area contributed by atoms with Crippen molar-refractivity contribution >= 4 is 23.6 Å². The van der Waals surface area contributed by atoms with Gasteiger partial charge in [0.05, 0.1) is 30.3 Å². The predicted molar refractivity (Wildman–Crippen MR) is 190 cm³/mol. The van der Waals surface area contributed by atoms with E-state index in [1.807, 2.05) is 61.9 Å². The van der Waals surface area contributed by atoms with Gasteiger partial charge in [-0.1, -0.05) is 13.8 Å². The summed E-state index contributed by atoms with van der Waals surface area (Å²) in [6.07, 6.45) is 6.22. The van der Waals surface area contributed by atoms with Gasteiger partial charge < -0.3 is 28.6 Å². The quantitative estimate of drug-likeness (QED) is 0.0508. The molecule has 4 rings (SSSR count). The standard InChI is InChI=1S/C40H47N2O8/c1-7-28(2)38(43)48-26-9-8-25-46-34-14-10-31(11-15-34)39(44)49-36-18-19-37(30(4)29(36)3)50-40(45)32-12-16-35(17-13-32)47-27-24-42-22-20-33(21-23-42)41(5)6/h10-23,28H,7-9,24-27H2,1-6H3/q+1. The summed E-state index contributed by atoms with van der Waals surface area (Å²) >= 11 is 0. The Morgan fingerprint density at radius 3 is 1.64 bits per heavy atom. The highest BCUT2D eigenvalue weighted by Gasteiger charge is 2.17. The molecule has 50 heavy (non-hydrogen) atoms. The van der Waals surface area contributed by atoms with E-state index < -0.39 is 11.9 Å². The van der Waals surface area contributed by atoms with Crippen molar-refractivity contribution in [3.63, 3.8) is 0 Å². The molecule has 0 bridgehead atoms. The van der Waals surface area contributed by atoms with Crippen molar-refractivity contribution in [3.05, 3.63) is 107 Å². The third-order valence-electron chi connectivity index (χ3n) is 8.35. The Bertz CT molecular complexity index is 1720. The van der Waals surface area contributed by atoms with Crippen LogP contribution in [0.25, 0.3) is 0 Å². The monoisotopic (exact) mass is 683 g/mol. The van der Waals surface area contributed by atoms with Crippen LogP contribution in [0, 0.1) is 19.8 Å². The highest BCUT2D eigenvalue weighted by Crippen LogP contribution is 2.30. The molecule has 0 radical (unpaired) electrons. The summed E-state index contributed by atoms with van der Waals surface area (Å²) in [6, 6.07) is 20.8. The molecule has 0 aliphatic heterocycles. The number of anilines is 1. The lowest BCUT2D eigenvalue weighted by Crippen LogP contribution is -2.35. The van der Waals surface area contributed by atoms with Crippen molar-refractivity contribution in [3.8, 4) is 23.0 Å². The summed E-state index contributed by atoms with van der Waals surface area (Å²) < 4.78 is 30.3. The largest absolute Gasteiger partial charge is 0.494 e. The van der Waals surface area contributed by atoms with E-state index in [2.05, 4.69) is 0 Å². The summed E-state index contributed by atoms with van der Waals surface area (Å²) in [5.41, 5.74) is 3.23. The summed E-state index contributed by atoms with van der Waals surface area (Å²) in [5.74, 6) is 0.745. The molecule has 3 aromatic carbocycles. The fourth-order valence-electron chi connectivity index (χ4n) is 4.73. The van der Waals surface area contributed by atoms with E-state index in [0.29, 0.717) is 78.0 Å². The minimum absolute atomic E-state index is 0.0851. The first-order valence-corrected chi connectivity index (χ1v) is 16.9. The molecule has 10 nitrogen and oxygen atoms in total. The Hall–Kier alpha value is -5.38. The number of rotatable bonds is 17. The summed E-state index contributed by atoms with van der Waals surface area (Å²) in [7, 11) is 4.00. The molecule has 4 aromatic rings. The second-order valence-electron chi connectivity index (χ2n) is 12.2. The average Bonchev–Trinajstić information content (AvgIpc) is 3.13. The van der Waals surface area contributed by atoms with Crippen molar-refractivity contribution in [1.29, 1.82) is 0 Å². The highest BCUT2D eigenvalue weighted by molar-refractivity contribution is 5.92. The zero-order valence-electron chi connectivity index (χ0n) is 29.8. The van der Waals surface area contributed by atoms with Crippen molar-refractivity contribution in [2.75, 3.05) is 38.8 Å². The number of esters is 3. The zero-order chi connectivity index (χ0) is 36.0. The summed E-state index contributed by atoms with van der Waals surface area (Å²) in [4.78, 5) is 39.6. The van der Waals surface area contributed by atoms with Crippen LogP contribution in [0.5, 0.6) is 23.0 Å². The van der Waals surface area contributed by atoms with Gasteiger partial charge in [0, 0.05) is 31.9 Å². The van der Waals surface area contributed by atoms with Crippen LogP contribution < -0.4 is 28.4 Å². The van der Waals surface area contributed by atoms with E-state index in [1.54, 1.807) is 74.5 Å². The third-order valence-corrected chi connectivity index (χ3v) is 8.35. The molecule has 1 atom stereocenters. The molecular weight excluding hydrogens is 636 g/mol. The second kappa shape index (κ2) is 18.4. The number of aromatic nitrogens is 1. The Morgan fingerprint density at radius 2 is 1.16 bits per heavy atom. The van der Waals surface area contributed by atoms with Gasteiger partial charge in [-0.2, -0.15) is 0 Å². The van der Waals surface area contributed by atoms with Crippen LogP contribution in [0.3, 0.4) is 0 Å². The molecular formula is C40H47N2O8+. The first-order valence-electron chi connectivity index (χ1n) is 16.9. The number of unbranched alkanes of at least 4 members (excludes halogenated alkanes) is 1. The maximum atomic E-state index is 12.9. The lowest BCUT2D eigenvalue weighted by molar-refractivity contribution is -0.697. The van der Waals surface area contributed by atoms with Crippen LogP contribution in [0.15, 0.2) is 85.2 Å². The second-order valence-corrected chi connectivity index (χ2v) is 12.2. The van der Waals surface area contributed by atoms with Crippen LogP contribution in [-0.2, 0) is 16.1 Å². The molecule has 0 saturated heterocycles. The van der Waals surface area contributed by atoms with E-state index >= 15 is 0 Å². The SMILES string of the molecule is CCC(C)C(=O)OCCCCOc1ccc(C(=O)Oc2ccc(OC(=O)c3ccc(OCC[n+]4ccc(N(C)C)cc4)cc3)c(C)c2C)cc1. The van der Waals surface area contributed by atoms with Crippen LogP contribution in [0.4, 0.5) is 5.69 Å². The molecule has 10 heteroatoms. The lowest BCUT2D eigenvalue weighted by Gasteiger charge is -2.14. The average molecular weight is 684 g/mol. The van der Waals surface area contributed by atoms with Gasteiger partial charge in [-0.05, 0) is 105 Å². The predicted octanol–water partition coefficient (Wildman–Crippen LogP) is 6.92.